The molecule has 27 heavy (non-hydrogen) atoms. The van der Waals surface area contributed by atoms with Crippen LogP contribution in [0.25, 0.3) is 11.6 Å². The zero-order valence-corrected chi connectivity index (χ0v) is 14.8. The maximum absolute atomic E-state index is 13.9. The van der Waals surface area contributed by atoms with Gasteiger partial charge in [-0.1, -0.05) is 0 Å². The summed E-state index contributed by atoms with van der Waals surface area (Å²) in [5.74, 6) is -1.17. The van der Waals surface area contributed by atoms with Gasteiger partial charge in [-0.25, -0.2) is 13.8 Å². The number of carbonyl (C=O) groups excluding carboxylic acids is 1. The zero-order valence-electron chi connectivity index (χ0n) is 14.8. The fourth-order valence-corrected chi connectivity index (χ4v) is 3.18. The first kappa shape index (κ1) is 17.5. The third kappa shape index (κ3) is 3.06. The van der Waals surface area contributed by atoms with Gasteiger partial charge in [-0.05, 0) is 25.0 Å². The molecule has 4 rings (SSSR count). The molecule has 3 heterocycles. The number of hydrogen-bond acceptors (Lipinski definition) is 5. The lowest BCUT2D eigenvalue weighted by Crippen LogP contribution is -2.35. The van der Waals surface area contributed by atoms with Crippen molar-refractivity contribution in [1.82, 2.24) is 9.97 Å². The molecule has 1 saturated carbocycles. The largest absolute Gasteiger partial charge is 0.369 e. The van der Waals surface area contributed by atoms with Gasteiger partial charge in [0.05, 0.1) is 17.8 Å². The predicted octanol–water partition coefficient (Wildman–Crippen LogP) is 2.53. The minimum atomic E-state index is -1.08. The highest BCUT2D eigenvalue weighted by molar-refractivity contribution is 5.96. The van der Waals surface area contributed by atoms with Crippen molar-refractivity contribution < 1.29 is 18.7 Å². The molecule has 1 fully saturated rings. The average Bonchev–Trinajstić information content (AvgIpc) is 3.38. The lowest BCUT2D eigenvalue weighted by atomic mass is 9.95. The summed E-state index contributed by atoms with van der Waals surface area (Å²) in [6.45, 7) is 1.63. The van der Waals surface area contributed by atoms with Gasteiger partial charge in [0.25, 0.3) is 0 Å². The number of hydrogen-bond donors (Lipinski definition) is 2. The zero-order chi connectivity index (χ0) is 19.3. The van der Waals surface area contributed by atoms with E-state index in [1.54, 1.807) is 37.2 Å². The van der Waals surface area contributed by atoms with Crippen molar-refractivity contribution >= 4 is 29.1 Å². The number of aliphatic hydroxyl groups is 1. The molecule has 0 radical (unpaired) electrons. The number of alkyl halides is 1. The third-order valence-electron chi connectivity index (χ3n) is 5.01. The number of rotatable bonds is 3. The average molecular weight is 372 g/mol. The number of aromatic nitrogens is 2. The van der Waals surface area contributed by atoms with E-state index in [-0.39, 0.29) is 12.2 Å². The number of pyridine rings is 2. The summed E-state index contributed by atoms with van der Waals surface area (Å²) >= 11 is 0. The molecule has 8 heteroatoms. The number of carbonyl (C=O) groups is 1. The van der Waals surface area contributed by atoms with Crippen molar-refractivity contribution in [2.45, 2.75) is 25.7 Å². The van der Waals surface area contributed by atoms with E-state index in [0.717, 1.165) is 6.20 Å². The van der Waals surface area contributed by atoms with Gasteiger partial charge in [0, 0.05) is 42.2 Å². The Morgan fingerprint density at radius 1 is 1.37 bits per heavy atom. The van der Waals surface area contributed by atoms with Crippen molar-refractivity contribution in [3.8, 4) is 0 Å². The van der Waals surface area contributed by atoms with Crippen LogP contribution < -0.4 is 10.2 Å². The number of fused-ring (bicyclic) bond motifs is 1. The van der Waals surface area contributed by atoms with Crippen LogP contribution >= 0.6 is 0 Å². The Hall–Kier alpha value is -2.87. The van der Waals surface area contributed by atoms with Crippen LogP contribution in [0.1, 0.15) is 23.1 Å². The van der Waals surface area contributed by atoms with Crippen molar-refractivity contribution in [3.63, 3.8) is 0 Å². The minimum absolute atomic E-state index is 0.239. The van der Waals surface area contributed by atoms with Gasteiger partial charge < -0.3 is 15.3 Å². The lowest BCUT2D eigenvalue weighted by Gasteiger charge is -2.33. The molecule has 2 aliphatic rings. The topological polar surface area (TPSA) is 78.4 Å². The van der Waals surface area contributed by atoms with Crippen LogP contribution in [0, 0.1) is 18.7 Å². The van der Waals surface area contributed by atoms with Crippen LogP contribution in [0.5, 0.6) is 0 Å². The Kier molecular flexibility index (Phi) is 4.15. The molecule has 1 amide bonds. The molecule has 1 aliphatic carbocycles. The molecule has 0 bridgehead atoms. The number of nitrogens with zero attached hydrogens (tertiary/aromatic N) is 3. The second kappa shape index (κ2) is 6.38. The smallest absolute Gasteiger partial charge is 0.231 e. The van der Waals surface area contributed by atoms with E-state index >= 15 is 0 Å². The van der Waals surface area contributed by atoms with E-state index in [1.807, 2.05) is 0 Å². The minimum Gasteiger partial charge on any atom is -0.369 e. The Balaban J connectivity index is 1.68. The predicted molar refractivity (Wildman–Crippen MR) is 97.1 cm³/mol. The van der Waals surface area contributed by atoms with Gasteiger partial charge in [-0.3, -0.25) is 9.78 Å². The van der Waals surface area contributed by atoms with Crippen LogP contribution in [0.2, 0.25) is 0 Å². The van der Waals surface area contributed by atoms with E-state index in [0.29, 0.717) is 28.0 Å². The monoisotopic (exact) mass is 372 g/mol. The van der Waals surface area contributed by atoms with Crippen LogP contribution in [0.3, 0.4) is 0 Å². The van der Waals surface area contributed by atoms with Gasteiger partial charge in [-0.2, -0.15) is 0 Å². The molecule has 0 aromatic carbocycles. The van der Waals surface area contributed by atoms with Crippen molar-refractivity contribution in [2.24, 2.45) is 5.92 Å². The van der Waals surface area contributed by atoms with E-state index in [9.17, 15) is 18.7 Å². The van der Waals surface area contributed by atoms with Crippen molar-refractivity contribution in [3.05, 3.63) is 47.2 Å². The molecule has 3 atom stereocenters. The van der Waals surface area contributed by atoms with Gasteiger partial charge in [0.15, 0.2) is 6.23 Å². The van der Waals surface area contributed by atoms with Crippen LogP contribution in [0.4, 0.5) is 20.3 Å². The van der Waals surface area contributed by atoms with Crippen LogP contribution in [-0.2, 0) is 4.79 Å². The quantitative estimate of drug-likeness (QED) is 0.866. The Bertz CT molecular complexity index is 963. The SMILES string of the molecule is Cc1c(F)cncc1C1=Cc2cnc(NC(=O)[C@H]3C[C@@H]3F)cc2N(C)C1O. The molecule has 0 saturated heterocycles. The van der Waals surface area contributed by atoms with E-state index in [4.69, 9.17) is 0 Å². The Morgan fingerprint density at radius 3 is 2.81 bits per heavy atom. The highest BCUT2D eigenvalue weighted by atomic mass is 19.1. The van der Waals surface area contributed by atoms with Gasteiger partial charge in [0.2, 0.25) is 5.91 Å². The van der Waals surface area contributed by atoms with Crippen molar-refractivity contribution in [2.75, 3.05) is 17.3 Å². The number of nitrogens with one attached hydrogen (secondary N) is 1. The Labute approximate surface area is 154 Å². The summed E-state index contributed by atoms with van der Waals surface area (Å²) in [6, 6.07) is 1.62. The summed E-state index contributed by atoms with van der Waals surface area (Å²) < 4.78 is 26.9. The van der Waals surface area contributed by atoms with E-state index < -0.39 is 30.0 Å². The summed E-state index contributed by atoms with van der Waals surface area (Å²) in [6.07, 6.45) is 4.05. The highest BCUT2D eigenvalue weighted by Crippen LogP contribution is 2.38. The Morgan fingerprint density at radius 2 is 2.11 bits per heavy atom. The third-order valence-corrected chi connectivity index (χ3v) is 5.01. The normalized spacial score (nSPS) is 23.5. The fourth-order valence-electron chi connectivity index (χ4n) is 3.18. The van der Waals surface area contributed by atoms with E-state index in [2.05, 4.69) is 15.3 Å². The first-order chi connectivity index (χ1) is 12.9. The lowest BCUT2D eigenvalue weighted by molar-refractivity contribution is -0.117. The summed E-state index contributed by atoms with van der Waals surface area (Å²) in [5.41, 5.74) is 2.76. The standard InChI is InChI=1S/C19H18F2N4O2/c1-9-13(7-22-8-15(9)21)11-3-10-6-23-17(5-16(10)25(2)19(11)27)24-18(26)12-4-14(12)20/h3,5-8,12,14,19,27H,4H2,1-2H3,(H,23,24,26)/t12-,14-,19?/m0/s1. The molecule has 0 spiro atoms. The first-order valence-electron chi connectivity index (χ1n) is 8.54. The van der Waals surface area contributed by atoms with Crippen LogP contribution in [0.15, 0.2) is 24.7 Å². The number of likely N-dealkylation sites (N-methyl/N-ethyl adjacent to an activating group) is 1. The van der Waals surface area contributed by atoms with E-state index in [1.165, 1.54) is 6.20 Å². The maximum Gasteiger partial charge on any atom is 0.231 e. The molecule has 2 aromatic rings. The fraction of sp³-hybridized carbons (Fsp3) is 0.316. The second-order valence-electron chi connectivity index (χ2n) is 6.85. The molecule has 1 unspecified atom stereocenters. The molecule has 2 aromatic heterocycles. The molecular weight excluding hydrogens is 354 g/mol. The highest BCUT2D eigenvalue weighted by Gasteiger charge is 2.43. The van der Waals surface area contributed by atoms with Crippen LogP contribution in [-0.4, -0.2) is 40.4 Å². The molecule has 140 valence electrons. The molecular formula is C19H18F2N4O2. The molecule has 2 N–H and O–H groups in total. The number of anilines is 2. The summed E-state index contributed by atoms with van der Waals surface area (Å²) in [4.78, 5) is 21.6. The second-order valence-corrected chi connectivity index (χ2v) is 6.85. The van der Waals surface area contributed by atoms with Gasteiger partial charge >= 0.3 is 0 Å². The van der Waals surface area contributed by atoms with Crippen molar-refractivity contribution in [1.29, 1.82) is 0 Å². The van der Waals surface area contributed by atoms with Gasteiger partial charge in [-0.15, -0.1) is 0 Å². The number of aliphatic hydroxyl groups excluding tert-OH is 1. The first-order valence-corrected chi connectivity index (χ1v) is 8.54. The molecule has 6 nitrogen and oxygen atoms in total. The maximum atomic E-state index is 13.9. The number of amides is 1. The van der Waals surface area contributed by atoms with Gasteiger partial charge in [0.1, 0.15) is 17.8 Å². The molecule has 1 aliphatic heterocycles. The summed E-state index contributed by atoms with van der Waals surface area (Å²) in [7, 11) is 1.68. The summed E-state index contributed by atoms with van der Waals surface area (Å²) in [5, 5.41) is 13.3. The number of halogens is 2.